The van der Waals surface area contributed by atoms with Gasteiger partial charge in [0.25, 0.3) is 15.9 Å². The Hall–Kier alpha value is -3.41. The molecule has 0 saturated carbocycles. The fraction of sp³-hybridized carbons (Fsp3) is 0.294. The molecule has 1 unspecified atom stereocenters. The van der Waals surface area contributed by atoms with Crippen LogP contribution in [-0.2, 0) is 26.7 Å². The van der Waals surface area contributed by atoms with Gasteiger partial charge in [0, 0.05) is 14.1 Å². The summed E-state index contributed by atoms with van der Waals surface area (Å²) in [5.41, 5.74) is 5.70. The van der Waals surface area contributed by atoms with Crippen LogP contribution in [0.15, 0.2) is 35.4 Å². The molecule has 1 aromatic heterocycles. The number of aromatic nitrogens is 2. The summed E-state index contributed by atoms with van der Waals surface area (Å²) in [5.74, 6) is -3.36. The number of amides is 2. The first-order chi connectivity index (χ1) is 13.4. The number of hydrogen-bond acceptors (Lipinski definition) is 6. The number of nitrogens with zero attached hydrogens (tertiary/aromatic N) is 3. The number of aliphatic carboxylic acids is 1. The third kappa shape index (κ3) is 4.71. The van der Waals surface area contributed by atoms with Crippen molar-refractivity contribution in [3.63, 3.8) is 0 Å². The van der Waals surface area contributed by atoms with Gasteiger partial charge < -0.3 is 16.2 Å². The number of aryl methyl sites for hydroxylation is 2. The van der Waals surface area contributed by atoms with E-state index in [2.05, 4.69) is 10.4 Å². The maximum Gasteiger partial charge on any atom is 0.326 e. The van der Waals surface area contributed by atoms with Gasteiger partial charge in [0.1, 0.15) is 11.6 Å². The van der Waals surface area contributed by atoms with Crippen molar-refractivity contribution >= 4 is 33.6 Å². The molecule has 0 bridgehead atoms. The van der Waals surface area contributed by atoms with Crippen molar-refractivity contribution in [2.75, 3.05) is 11.4 Å². The summed E-state index contributed by atoms with van der Waals surface area (Å²) in [7, 11) is -1.33. The minimum atomic E-state index is -4.02. The molecule has 0 fully saturated rings. The highest BCUT2D eigenvalue weighted by Gasteiger charge is 2.30. The highest BCUT2D eigenvalue weighted by Crippen LogP contribution is 2.25. The number of carboxylic acid groups (broad SMARTS) is 1. The maximum absolute atomic E-state index is 12.9. The Bertz CT molecular complexity index is 1040. The normalized spacial score (nSPS) is 12.2. The van der Waals surface area contributed by atoms with Crippen LogP contribution >= 0.6 is 0 Å². The average molecular weight is 423 g/mol. The number of carbonyl (C=O) groups is 3. The van der Waals surface area contributed by atoms with Crippen molar-refractivity contribution < 1.29 is 27.9 Å². The molecule has 0 aliphatic carbocycles. The van der Waals surface area contributed by atoms with Crippen molar-refractivity contribution in [2.45, 2.75) is 24.3 Å². The van der Waals surface area contributed by atoms with Gasteiger partial charge in [-0.05, 0) is 19.1 Å². The molecule has 0 aliphatic rings. The van der Waals surface area contributed by atoms with Crippen LogP contribution < -0.4 is 15.4 Å². The van der Waals surface area contributed by atoms with Crippen molar-refractivity contribution in [3.8, 4) is 0 Å². The van der Waals surface area contributed by atoms with Crippen LogP contribution in [0.25, 0.3) is 0 Å². The maximum atomic E-state index is 12.9. The van der Waals surface area contributed by atoms with Crippen LogP contribution in [0.3, 0.4) is 0 Å². The van der Waals surface area contributed by atoms with Gasteiger partial charge >= 0.3 is 5.97 Å². The van der Waals surface area contributed by atoms with Crippen LogP contribution in [0.4, 0.5) is 5.82 Å². The molecular formula is C17H21N5O6S. The van der Waals surface area contributed by atoms with Crippen molar-refractivity contribution in [3.05, 3.63) is 41.6 Å². The second kappa shape index (κ2) is 8.31. The molecule has 1 aromatic carbocycles. The van der Waals surface area contributed by atoms with Crippen LogP contribution in [0.2, 0.25) is 0 Å². The fourth-order valence-corrected chi connectivity index (χ4v) is 3.82. The first-order valence-electron chi connectivity index (χ1n) is 8.34. The first kappa shape index (κ1) is 21.9. The largest absolute Gasteiger partial charge is 0.480 e. The van der Waals surface area contributed by atoms with E-state index in [4.69, 9.17) is 10.8 Å². The van der Waals surface area contributed by atoms with E-state index in [0.717, 1.165) is 16.1 Å². The van der Waals surface area contributed by atoms with E-state index >= 15 is 0 Å². The van der Waals surface area contributed by atoms with Gasteiger partial charge in [-0.25, -0.2) is 13.2 Å². The number of benzene rings is 1. The first-order valence-corrected chi connectivity index (χ1v) is 9.78. The van der Waals surface area contributed by atoms with Gasteiger partial charge in [0.15, 0.2) is 5.82 Å². The van der Waals surface area contributed by atoms with Gasteiger partial charge in [-0.3, -0.25) is 18.6 Å². The van der Waals surface area contributed by atoms with Crippen molar-refractivity contribution in [2.24, 2.45) is 12.8 Å². The molecule has 1 atom stereocenters. The predicted molar refractivity (Wildman–Crippen MR) is 103 cm³/mol. The number of primary amides is 1. The van der Waals surface area contributed by atoms with Gasteiger partial charge in [0.2, 0.25) is 5.91 Å². The zero-order valence-electron chi connectivity index (χ0n) is 16.0. The van der Waals surface area contributed by atoms with Crippen LogP contribution in [0.5, 0.6) is 0 Å². The quantitative estimate of drug-likeness (QED) is 0.520. The molecule has 0 saturated heterocycles. The van der Waals surface area contributed by atoms with Gasteiger partial charge in [-0.15, -0.1) is 0 Å². The zero-order valence-corrected chi connectivity index (χ0v) is 16.8. The Balaban J connectivity index is 2.39. The Labute approximate surface area is 167 Å². The van der Waals surface area contributed by atoms with E-state index in [1.165, 1.54) is 30.9 Å². The molecule has 2 aromatic rings. The van der Waals surface area contributed by atoms with Crippen LogP contribution in [0, 0.1) is 6.92 Å². The summed E-state index contributed by atoms with van der Waals surface area (Å²) in [6.07, 6.45) is 0.489. The molecule has 0 spiro atoms. The molecule has 1 heterocycles. The predicted octanol–water partition coefficient (Wildman–Crippen LogP) is -0.388. The third-order valence-corrected chi connectivity index (χ3v) is 5.90. The second-order valence-corrected chi connectivity index (χ2v) is 8.30. The highest BCUT2D eigenvalue weighted by molar-refractivity contribution is 7.92. The molecule has 0 aliphatic heterocycles. The lowest BCUT2D eigenvalue weighted by molar-refractivity contribution is -0.140. The summed E-state index contributed by atoms with van der Waals surface area (Å²) < 4.78 is 27.9. The van der Waals surface area contributed by atoms with E-state index < -0.39 is 40.3 Å². The summed E-state index contributed by atoms with van der Waals surface area (Å²) >= 11 is 0. The van der Waals surface area contributed by atoms with E-state index in [1.54, 1.807) is 12.1 Å². The number of hydrogen-bond donors (Lipinski definition) is 3. The van der Waals surface area contributed by atoms with E-state index in [1.807, 2.05) is 6.92 Å². The smallest absolute Gasteiger partial charge is 0.326 e. The molecule has 29 heavy (non-hydrogen) atoms. The number of rotatable bonds is 8. The Morgan fingerprint density at radius 1 is 1.28 bits per heavy atom. The van der Waals surface area contributed by atoms with E-state index in [9.17, 15) is 22.8 Å². The molecule has 12 heteroatoms. The summed E-state index contributed by atoms with van der Waals surface area (Å²) in [5, 5.41) is 15.2. The number of carbonyl (C=O) groups excluding carboxylic acids is 2. The van der Waals surface area contributed by atoms with Crippen molar-refractivity contribution in [1.82, 2.24) is 15.1 Å². The number of carboxylic acids is 1. The molecule has 2 amide bonds. The lowest BCUT2D eigenvalue weighted by Gasteiger charge is -2.21. The average Bonchev–Trinajstić information content (AvgIpc) is 3.01. The molecule has 156 valence electrons. The van der Waals surface area contributed by atoms with E-state index in [0.29, 0.717) is 0 Å². The number of anilines is 1. The molecule has 4 N–H and O–H groups in total. The van der Waals surface area contributed by atoms with Crippen LogP contribution in [0.1, 0.15) is 22.3 Å². The standard InChI is InChI=1S/C17H21N5O6S/c1-10-4-6-11(7-5-10)29(27,28)22(3)16-12(9-19-21(16)2)15(24)20-13(17(25)26)8-14(18)23/h4-7,9,13H,8H2,1-3H3,(H2,18,23)(H,20,24)(H,25,26). The van der Waals surface area contributed by atoms with E-state index in [-0.39, 0.29) is 16.3 Å². The second-order valence-electron chi connectivity index (χ2n) is 6.33. The van der Waals surface area contributed by atoms with Gasteiger partial charge in [0.05, 0.1) is 17.5 Å². The monoisotopic (exact) mass is 423 g/mol. The molecule has 11 nitrogen and oxygen atoms in total. The van der Waals surface area contributed by atoms with Gasteiger partial charge in [-0.2, -0.15) is 5.10 Å². The fourth-order valence-electron chi connectivity index (χ4n) is 2.58. The number of sulfonamides is 1. The third-order valence-electron chi connectivity index (χ3n) is 4.14. The Morgan fingerprint density at radius 3 is 2.38 bits per heavy atom. The SMILES string of the molecule is Cc1ccc(S(=O)(=O)N(C)c2c(C(=O)NC(CC(N)=O)C(=O)O)cnn2C)cc1. The summed E-state index contributed by atoms with van der Waals surface area (Å²) in [4.78, 5) is 34.9. The highest BCUT2D eigenvalue weighted by atomic mass is 32.2. The van der Waals surface area contributed by atoms with Crippen LogP contribution in [-0.4, -0.2) is 54.2 Å². The Morgan fingerprint density at radius 2 is 1.86 bits per heavy atom. The van der Waals surface area contributed by atoms with Crippen molar-refractivity contribution in [1.29, 1.82) is 0 Å². The minimum absolute atomic E-state index is 0.00954. The number of nitrogens with two attached hydrogens (primary N) is 1. The minimum Gasteiger partial charge on any atom is -0.480 e. The molecule has 2 rings (SSSR count). The summed E-state index contributed by atoms with van der Waals surface area (Å²) in [6.45, 7) is 1.81. The number of nitrogens with one attached hydrogen (secondary N) is 1. The van der Waals surface area contributed by atoms with Gasteiger partial charge in [-0.1, -0.05) is 17.7 Å². The summed E-state index contributed by atoms with van der Waals surface area (Å²) in [6, 6.07) is 4.58. The zero-order chi connectivity index (χ0) is 21.9. The molecule has 0 radical (unpaired) electrons. The lowest BCUT2D eigenvalue weighted by Crippen LogP contribution is -2.43. The topological polar surface area (TPSA) is 165 Å². The lowest BCUT2D eigenvalue weighted by atomic mass is 10.2. The molecular weight excluding hydrogens is 402 g/mol. The Kier molecular flexibility index (Phi) is 6.27.